The fourth-order valence-electron chi connectivity index (χ4n) is 2.31. The lowest BCUT2D eigenvalue weighted by Gasteiger charge is -2.40. The molecule has 0 amide bonds. The van der Waals surface area contributed by atoms with E-state index in [0.29, 0.717) is 19.0 Å². The van der Waals surface area contributed by atoms with Crippen LogP contribution < -0.4 is 10.6 Å². The summed E-state index contributed by atoms with van der Waals surface area (Å²) >= 11 is 0. The van der Waals surface area contributed by atoms with Gasteiger partial charge in [0.15, 0.2) is 15.8 Å². The van der Waals surface area contributed by atoms with Gasteiger partial charge in [0.1, 0.15) is 0 Å². The summed E-state index contributed by atoms with van der Waals surface area (Å²) in [5.41, 5.74) is -0.0710. The molecular formula is C16H35IN4O3S. The molecule has 0 spiro atoms. The first-order valence-electron chi connectivity index (χ1n) is 8.54. The van der Waals surface area contributed by atoms with E-state index in [1.807, 2.05) is 6.92 Å². The maximum Gasteiger partial charge on any atom is 0.191 e. The second kappa shape index (κ2) is 10.3. The summed E-state index contributed by atoms with van der Waals surface area (Å²) in [5.74, 6) is 0.649. The van der Waals surface area contributed by atoms with Gasteiger partial charge in [0.05, 0.1) is 24.5 Å². The van der Waals surface area contributed by atoms with Crippen LogP contribution in [0, 0.1) is 0 Å². The number of nitrogens with zero attached hydrogens (tertiary/aromatic N) is 2. The molecule has 1 aliphatic rings. The average Bonchev–Trinajstić information content (AvgIpc) is 2.50. The molecule has 150 valence electrons. The third-order valence-electron chi connectivity index (χ3n) is 4.52. The van der Waals surface area contributed by atoms with Gasteiger partial charge in [-0.25, -0.2) is 8.42 Å². The van der Waals surface area contributed by atoms with Crippen LogP contribution >= 0.6 is 24.0 Å². The predicted molar refractivity (Wildman–Crippen MR) is 115 cm³/mol. The van der Waals surface area contributed by atoms with Crippen molar-refractivity contribution in [1.82, 2.24) is 15.5 Å². The van der Waals surface area contributed by atoms with Crippen molar-refractivity contribution in [1.29, 1.82) is 0 Å². The molecule has 0 aliphatic carbocycles. The standard InChI is InChI=1S/C16H34N4O3S.HI/c1-7-17-14(19-13-16(4,5)24(6,21)22)18-12-15(2,3)20-8-10-23-11-9-20;/h7-13H2,1-6H3,(H2,17,18,19);1H. The second-order valence-corrected chi connectivity index (χ2v) is 10.1. The van der Waals surface area contributed by atoms with Gasteiger partial charge in [-0.15, -0.1) is 24.0 Å². The van der Waals surface area contributed by atoms with Crippen molar-refractivity contribution >= 4 is 39.8 Å². The number of nitrogens with one attached hydrogen (secondary N) is 2. The Bertz CT molecular complexity index is 529. The fourth-order valence-corrected chi connectivity index (χ4v) is 2.64. The lowest BCUT2D eigenvalue weighted by molar-refractivity contribution is -0.00683. The molecular weight excluding hydrogens is 455 g/mol. The topological polar surface area (TPSA) is 83.0 Å². The van der Waals surface area contributed by atoms with Gasteiger partial charge in [-0.05, 0) is 34.6 Å². The molecule has 0 aromatic heterocycles. The summed E-state index contributed by atoms with van der Waals surface area (Å²) in [6, 6.07) is 0. The average molecular weight is 490 g/mol. The molecule has 2 N–H and O–H groups in total. The van der Waals surface area contributed by atoms with Gasteiger partial charge in [-0.1, -0.05) is 0 Å². The minimum Gasteiger partial charge on any atom is -0.379 e. The Balaban J connectivity index is 0.00000576. The monoisotopic (exact) mass is 490 g/mol. The molecule has 0 unspecified atom stereocenters. The van der Waals surface area contributed by atoms with E-state index in [9.17, 15) is 8.42 Å². The highest BCUT2D eigenvalue weighted by Crippen LogP contribution is 2.17. The quantitative estimate of drug-likeness (QED) is 0.316. The number of aliphatic imine (C=N–C) groups is 1. The molecule has 1 aliphatic heterocycles. The Labute approximate surface area is 170 Å². The van der Waals surface area contributed by atoms with E-state index in [1.165, 1.54) is 6.26 Å². The van der Waals surface area contributed by atoms with Gasteiger partial charge in [-0.3, -0.25) is 9.89 Å². The van der Waals surface area contributed by atoms with Crippen molar-refractivity contribution in [2.75, 3.05) is 52.2 Å². The summed E-state index contributed by atoms with van der Waals surface area (Å²) in [6.07, 6.45) is 1.26. The van der Waals surface area contributed by atoms with E-state index < -0.39 is 14.6 Å². The van der Waals surface area contributed by atoms with Crippen LogP contribution in [0.25, 0.3) is 0 Å². The summed E-state index contributed by atoms with van der Waals surface area (Å²) in [5, 5.41) is 6.34. The Morgan fingerprint density at radius 1 is 1.16 bits per heavy atom. The molecule has 7 nitrogen and oxygen atoms in total. The number of guanidine groups is 1. The van der Waals surface area contributed by atoms with E-state index >= 15 is 0 Å². The summed E-state index contributed by atoms with van der Waals surface area (Å²) in [6.45, 7) is 14.8. The van der Waals surface area contributed by atoms with Crippen LogP contribution in [0.15, 0.2) is 4.99 Å². The van der Waals surface area contributed by atoms with Crippen LogP contribution in [-0.4, -0.2) is 81.8 Å². The summed E-state index contributed by atoms with van der Waals surface area (Å²) in [7, 11) is -3.14. The maximum absolute atomic E-state index is 11.8. The minimum absolute atomic E-state index is 0. The molecule has 0 saturated carbocycles. The van der Waals surface area contributed by atoms with E-state index in [4.69, 9.17) is 4.74 Å². The Morgan fingerprint density at radius 2 is 1.72 bits per heavy atom. The third kappa shape index (κ3) is 7.96. The summed E-state index contributed by atoms with van der Waals surface area (Å²) in [4.78, 5) is 7.04. The number of rotatable bonds is 7. The minimum atomic E-state index is -3.14. The third-order valence-corrected chi connectivity index (χ3v) is 6.67. The first-order chi connectivity index (χ1) is 11.0. The van der Waals surface area contributed by atoms with Crippen LogP contribution in [0.1, 0.15) is 34.6 Å². The molecule has 9 heteroatoms. The van der Waals surface area contributed by atoms with Crippen molar-refractivity contribution in [3.8, 4) is 0 Å². The Kier molecular flexibility index (Phi) is 10.2. The van der Waals surface area contributed by atoms with Gasteiger partial charge in [-0.2, -0.15) is 0 Å². The Morgan fingerprint density at radius 3 is 2.20 bits per heavy atom. The number of hydrogen-bond donors (Lipinski definition) is 2. The normalized spacial score (nSPS) is 17.8. The van der Waals surface area contributed by atoms with Crippen molar-refractivity contribution in [2.24, 2.45) is 4.99 Å². The highest BCUT2D eigenvalue weighted by Gasteiger charge is 2.31. The summed E-state index contributed by atoms with van der Waals surface area (Å²) < 4.78 is 28.2. The predicted octanol–water partition coefficient (Wildman–Crippen LogP) is 1.09. The van der Waals surface area contributed by atoms with Crippen molar-refractivity contribution < 1.29 is 13.2 Å². The van der Waals surface area contributed by atoms with Crippen molar-refractivity contribution in [3.05, 3.63) is 0 Å². The molecule has 0 bridgehead atoms. The smallest absolute Gasteiger partial charge is 0.191 e. The van der Waals surface area contributed by atoms with Crippen molar-refractivity contribution in [3.63, 3.8) is 0 Å². The van der Waals surface area contributed by atoms with Crippen LogP contribution in [0.3, 0.4) is 0 Å². The number of halogens is 1. The largest absolute Gasteiger partial charge is 0.379 e. The zero-order valence-electron chi connectivity index (χ0n) is 16.4. The Hall–Kier alpha value is -0.130. The highest BCUT2D eigenvalue weighted by molar-refractivity contribution is 14.0. The van der Waals surface area contributed by atoms with Crippen LogP contribution in [0.4, 0.5) is 0 Å². The van der Waals surface area contributed by atoms with Gasteiger partial charge in [0.25, 0.3) is 0 Å². The highest BCUT2D eigenvalue weighted by atomic mass is 127. The van der Waals surface area contributed by atoms with Gasteiger partial charge in [0.2, 0.25) is 0 Å². The number of sulfone groups is 1. The van der Waals surface area contributed by atoms with E-state index in [0.717, 1.165) is 32.8 Å². The first kappa shape index (κ1) is 24.9. The van der Waals surface area contributed by atoms with E-state index in [-0.39, 0.29) is 29.5 Å². The van der Waals surface area contributed by atoms with Crippen LogP contribution in [0.5, 0.6) is 0 Å². The molecule has 25 heavy (non-hydrogen) atoms. The zero-order chi connectivity index (χ0) is 18.4. The van der Waals surface area contributed by atoms with Gasteiger partial charge < -0.3 is 15.4 Å². The molecule has 1 rings (SSSR count). The molecule has 0 aromatic rings. The fraction of sp³-hybridized carbons (Fsp3) is 0.938. The first-order valence-corrected chi connectivity index (χ1v) is 10.4. The van der Waals surface area contributed by atoms with Gasteiger partial charge in [0, 0.05) is 38.0 Å². The lowest BCUT2D eigenvalue weighted by atomic mass is 10.0. The van der Waals surface area contributed by atoms with E-state index in [2.05, 4.69) is 34.4 Å². The molecule has 0 atom stereocenters. The molecule has 1 fully saturated rings. The van der Waals surface area contributed by atoms with Crippen molar-refractivity contribution in [2.45, 2.75) is 44.9 Å². The van der Waals surface area contributed by atoms with E-state index in [1.54, 1.807) is 13.8 Å². The number of hydrogen-bond acceptors (Lipinski definition) is 5. The van der Waals surface area contributed by atoms with Crippen LogP contribution in [0.2, 0.25) is 0 Å². The molecule has 1 heterocycles. The van der Waals surface area contributed by atoms with Crippen LogP contribution in [-0.2, 0) is 14.6 Å². The van der Waals surface area contributed by atoms with Gasteiger partial charge >= 0.3 is 0 Å². The molecule has 0 radical (unpaired) electrons. The number of ether oxygens (including phenoxy) is 1. The number of morpholine rings is 1. The molecule has 0 aromatic carbocycles. The SMILES string of the molecule is CCNC(=NCC(C)(C)N1CCOCC1)NCC(C)(C)S(C)(=O)=O.I. The second-order valence-electron chi connectivity index (χ2n) is 7.49. The maximum atomic E-state index is 11.8. The lowest BCUT2D eigenvalue weighted by Crippen LogP contribution is -2.52. The molecule has 1 saturated heterocycles. The zero-order valence-corrected chi connectivity index (χ0v) is 19.5.